The molecule has 0 aliphatic carbocycles. The van der Waals surface area contributed by atoms with Crippen LogP contribution >= 0.6 is 0 Å². The first-order valence-corrected chi connectivity index (χ1v) is 6.90. The van der Waals surface area contributed by atoms with Gasteiger partial charge in [-0.15, -0.1) is 0 Å². The predicted octanol–water partition coefficient (Wildman–Crippen LogP) is 2.55. The summed E-state index contributed by atoms with van der Waals surface area (Å²) in [4.78, 5) is 4.58. The average molecular weight is 274 g/mol. The fourth-order valence-electron chi connectivity index (χ4n) is 2.15. The molecule has 0 bridgehead atoms. The number of nitrogens with one attached hydrogen (secondary N) is 1. The molecule has 0 atom stereocenters. The van der Waals surface area contributed by atoms with Crippen LogP contribution in [0.25, 0.3) is 10.9 Å². The number of nitrogens with zero attached hydrogens (tertiary/aromatic N) is 1. The van der Waals surface area contributed by atoms with E-state index in [4.69, 9.17) is 5.11 Å². The second-order valence-corrected chi connectivity index (χ2v) is 5.84. The van der Waals surface area contributed by atoms with Gasteiger partial charge in [-0.1, -0.05) is 32.0 Å². The van der Waals surface area contributed by atoms with Crippen LogP contribution in [0.4, 0.5) is 5.82 Å². The highest BCUT2D eigenvalue weighted by Crippen LogP contribution is 2.24. The molecule has 0 radical (unpaired) electrons. The van der Waals surface area contributed by atoms with Gasteiger partial charge in [0.2, 0.25) is 0 Å². The van der Waals surface area contributed by atoms with Gasteiger partial charge in [-0.3, -0.25) is 0 Å². The van der Waals surface area contributed by atoms with Gasteiger partial charge >= 0.3 is 0 Å². The molecule has 1 heterocycles. The van der Waals surface area contributed by atoms with Crippen molar-refractivity contribution in [1.29, 1.82) is 0 Å². The molecule has 0 amide bonds. The molecule has 108 valence electrons. The second-order valence-electron chi connectivity index (χ2n) is 5.84. The number of pyridine rings is 1. The predicted molar refractivity (Wildman–Crippen MR) is 81.6 cm³/mol. The molecule has 3 N–H and O–H groups in total. The second kappa shape index (κ2) is 6.20. The van der Waals surface area contributed by atoms with Crippen LogP contribution in [0.5, 0.6) is 0 Å². The highest BCUT2D eigenvalue weighted by atomic mass is 16.3. The van der Waals surface area contributed by atoms with Gasteiger partial charge in [0, 0.05) is 24.1 Å². The summed E-state index contributed by atoms with van der Waals surface area (Å²) in [5, 5.41) is 22.9. The van der Waals surface area contributed by atoms with Crippen LogP contribution < -0.4 is 5.32 Å². The Morgan fingerprint density at radius 3 is 2.65 bits per heavy atom. The van der Waals surface area contributed by atoms with Gasteiger partial charge in [0.1, 0.15) is 5.82 Å². The summed E-state index contributed by atoms with van der Waals surface area (Å²) in [5.41, 5.74) is 1.69. The molecule has 0 spiro atoms. The Hall–Kier alpha value is -1.65. The van der Waals surface area contributed by atoms with Crippen molar-refractivity contribution in [1.82, 2.24) is 4.98 Å². The molecule has 1 aromatic heterocycles. The van der Waals surface area contributed by atoms with Crippen LogP contribution in [-0.4, -0.2) is 28.3 Å². The van der Waals surface area contributed by atoms with E-state index >= 15 is 0 Å². The summed E-state index contributed by atoms with van der Waals surface area (Å²) >= 11 is 0. The van der Waals surface area contributed by atoms with Crippen LogP contribution in [0, 0.1) is 5.41 Å². The number of fused-ring (bicyclic) bond motifs is 1. The van der Waals surface area contributed by atoms with Crippen LogP contribution in [0.1, 0.15) is 25.8 Å². The normalized spacial score (nSPS) is 11.8. The maximum atomic E-state index is 9.49. The van der Waals surface area contributed by atoms with Crippen molar-refractivity contribution in [2.24, 2.45) is 5.41 Å². The number of para-hydroxylation sites is 1. The first kappa shape index (κ1) is 14.8. The third-order valence-corrected chi connectivity index (χ3v) is 3.50. The number of aliphatic hydroxyl groups excluding tert-OH is 2. The molecule has 4 nitrogen and oxygen atoms in total. The smallest absolute Gasteiger partial charge is 0.132 e. The molecular formula is C16H22N2O2. The summed E-state index contributed by atoms with van der Waals surface area (Å²) in [6, 6.07) is 9.82. The lowest BCUT2D eigenvalue weighted by Crippen LogP contribution is -2.25. The minimum absolute atomic E-state index is 0.0190. The highest BCUT2D eigenvalue weighted by Gasteiger charge is 2.18. The van der Waals surface area contributed by atoms with E-state index in [0.29, 0.717) is 6.54 Å². The maximum Gasteiger partial charge on any atom is 0.132 e. The molecule has 2 rings (SSSR count). The van der Waals surface area contributed by atoms with Gasteiger partial charge in [0.15, 0.2) is 0 Å². The van der Waals surface area contributed by atoms with Crippen molar-refractivity contribution in [3.8, 4) is 0 Å². The van der Waals surface area contributed by atoms with Crippen molar-refractivity contribution in [2.45, 2.75) is 26.9 Å². The van der Waals surface area contributed by atoms with Crippen molar-refractivity contribution < 1.29 is 10.2 Å². The number of aliphatic hydroxyl groups is 2. The minimum Gasteiger partial charge on any atom is -0.396 e. The maximum absolute atomic E-state index is 9.49. The number of benzene rings is 1. The van der Waals surface area contributed by atoms with Gasteiger partial charge in [0.05, 0.1) is 12.1 Å². The van der Waals surface area contributed by atoms with Gasteiger partial charge < -0.3 is 15.5 Å². The average Bonchev–Trinajstić information content (AvgIpc) is 2.44. The van der Waals surface area contributed by atoms with E-state index in [1.807, 2.05) is 30.3 Å². The molecule has 0 fully saturated rings. The topological polar surface area (TPSA) is 65.4 Å². The van der Waals surface area contributed by atoms with Crippen molar-refractivity contribution in [2.75, 3.05) is 18.5 Å². The third-order valence-electron chi connectivity index (χ3n) is 3.50. The molecule has 0 unspecified atom stereocenters. The van der Waals surface area contributed by atoms with E-state index in [1.165, 1.54) is 0 Å². The number of aromatic nitrogens is 1. The lowest BCUT2D eigenvalue weighted by molar-refractivity contribution is 0.220. The van der Waals surface area contributed by atoms with E-state index in [2.05, 4.69) is 24.1 Å². The first-order chi connectivity index (χ1) is 9.55. The fourth-order valence-corrected chi connectivity index (χ4v) is 2.15. The lowest BCUT2D eigenvalue weighted by atomic mass is 9.90. The molecule has 4 heteroatoms. The summed E-state index contributed by atoms with van der Waals surface area (Å²) in [6.07, 6.45) is 0.724. The summed E-state index contributed by atoms with van der Waals surface area (Å²) in [5.74, 6) is 0.720. The number of anilines is 1. The Morgan fingerprint density at radius 1 is 1.20 bits per heavy atom. The molecule has 1 aromatic carbocycles. The molecule has 0 aliphatic rings. The Balaban J connectivity index is 2.24. The van der Waals surface area contributed by atoms with Crippen molar-refractivity contribution in [3.05, 3.63) is 35.9 Å². The third kappa shape index (κ3) is 3.46. The van der Waals surface area contributed by atoms with Gasteiger partial charge in [-0.25, -0.2) is 4.98 Å². The van der Waals surface area contributed by atoms with Crippen LogP contribution in [0.2, 0.25) is 0 Å². The molecule has 0 aliphatic heterocycles. The van der Waals surface area contributed by atoms with Crippen molar-refractivity contribution >= 4 is 16.7 Å². The SMILES string of the molecule is CC(C)(CCO)CNc1nc2ccccc2cc1CO. The molecular weight excluding hydrogens is 252 g/mol. The molecule has 0 saturated carbocycles. The van der Waals surface area contributed by atoms with E-state index in [0.717, 1.165) is 28.7 Å². The Morgan fingerprint density at radius 2 is 1.95 bits per heavy atom. The number of hydrogen-bond acceptors (Lipinski definition) is 4. The zero-order chi connectivity index (χ0) is 14.6. The van der Waals surface area contributed by atoms with E-state index < -0.39 is 0 Å². The largest absolute Gasteiger partial charge is 0.396 e. The lowest BCUT2D eigenvalue weighted by Gasteiger charge is -2.25. The van der Waals surface area contributed by atoms with E-state index in [1.54, 1.807) is 0 Å². The van der Waals surface area contributed by atoms with Gasteiger partial charge in [0.25, 0.3) is 0 Å². The Labute approximate surface area is 119 Å². The minimum atomic E-state index is -0.0411. The zero-order valence-electron chi connectivity index (χ0n) is 12.1. The summed E-state index contributed by atoms with van der Waals surface area (Å²) in [7, 11) is 0. The zero-order valence-corrected chi connectivity index (χ0v) is 12.1. The number of rotatable bonds is 6. The quantitative estimate of drug-likeness (QED) is 0.757. The monoisotopic (exact) mass is 274 g/mol. The number of hydrogen-bond donors (Lipinski definition) is 3. The molecule has 2 aromatic rings. The first-order valence-electron chi connectivity index (χ1n) is 6.90. The van der Waals surface area contributed by atoms with Crippen LogP contribution in [0.15, 0.2) is 30.3 Å². The van der Waals surface area contributed by atoms with Gasteiger partial charge in [-0.05, 0) is 24.0 Å². The van der Waals surface area contributed by atoms with Crippen LogP contribution in [0.3, 0.4) is 0 Å². The summed E-state index contributed by atoms with van der Waals surface area (Å²) < 4.78 is 0. The Bertz CT molecular complexity index is 582. The highest BCUT2D eigenvalue weighted by molar-refractivity contribution is 5.81. The fraction of sp³-hybridized carbons (Fsp3) is 0.438. The standard InChI is InChI=1S/C16H22N2O2/c1-16(2,7-8-19)11-17-15-13(10-20)9-12-5-3-4-6-14(12)18-15/h3-6,9,19-20H,7-8,10-11H2,1-2H3,(H,17,18). The molecule has 20 heavy (non-hydrogen) atoms. The van der Waals surface area contributed by atoms with Crippen LogP contribution in [-0.2, 0) is 6.61 Å². The summed E-state index contributed by atoms with van der Waals surface area (Å²) in [6.45, 7) is 5.02. The van der Waals surface area contributed by atoms with Crippen molar-refractivity contribution in [3.63, 3.8) is 0 Å². The van der Waals surface area contributed by atoms with Gasteiger partial charge in [-0.2, -0.15) is 0 Å². The van der Waals surface area contributed by atoms with E-state index in [-0.39, 0.29) is 18.6 Å². The molecule has 0 saturated heterocycles. The van der Waals surface area contributed by atoms with E-state index in [9.17, 15) is 5.11 Å². The Kier molecular flexibility index (Phi) is 4.57.